The predicted molar refractivity (Wildman–Crippen MR) is 80.2 cm³/mol. The largest absolute Gasteiger partial charge is 0.385 e. The van der Waals surface area contributed by atoms with Crippen molar-refractivity contribution in [3.05, 3.63) is 0 Å². The molecule has 1 aliphatic rings. The highest BCUT2D eigenvalue weighted by Gasteiger charge is 2.31. The first-order valence-electron chi connectivity index (χ1n) is 6.91. The molecule has 132 valence electrons. The molecule has 0 aliphatic carbocycles. The topological polar surface area (TPSA) is 134 Å². The molecule has 0 aromatic rings. The molecule has 1 aliphatic heterocycles. The standard InChI is InChI=1S/C10H25N3O7P2/c1-20-8-2-3-11(9-21(14,15)16)4-5-13(12-6-7-12)10-22(17,18)19/h2-10H2,1H3,(H2,14,15,16)(H2,17,18,19). The lowest BCUT2D eigenvalue weighted by Crippen LogP contribution is -2.39. The minimum Gasteiger partial charge on any atom is -0.385 e. The van der Waals surface area contributed by atoms with Crippen molar-refractivity contribution in [1.82, 2.24) is 14.9 Å². The van der Waals surface area contributed by atoms with E-state index in [2.05, 4.69) is 0 Å². The second-order valence-corrected chi connectivity index (χ2v) is 8.48. The molecule has 0 bridgehead atoms. The van der Waals surface area contributed by atoms with Gasteiger partial charge >= 0.3 is 15.2 Å². The van der Waals surface area contributed by atoms with Crippen molar-refractivity contribution in [3.63, 3.8) is 0 Å². The maximum Gasteiger partial charge on any atom is 0.340 e. The molecule has 0 spiro atoms. The van der Waals surface area contributed by atoms with E-state index in [-0.39, 0.29) is 12.6 Å². The molecular weight excluding hydrogens is 336 g/mol. The average Bonchev–Trinajstić information content (AvgIpc) is 3.15. The van der Waals surface area contributed by atoms with Crippen LogP contribution in [0.3, 0.4) is 0 Å². The molecule has 10 nitrogen and oxygen atoms in total. The van der Waals surface area contributed by atoms with Crippen LogP contribution < -0.4 is 0 Å². The lowest BCUT2D eigenvalue weighted by atomic mass is 10.4. The fraction of sp³-hybridized carbons (Fsp3) is 1.00. The minimum absolute atomic E-state index is 0.304. The highest BCUT2D eigenvalue weighted by molar-refractivity contribution is 7.51. The van der Waals surface area contributed by atoms with E-state index in [1.54, 1.807) is 22.0 Å². The number of ether oxygens (including phenoxy) is 1. The predicted octanol–water partition coefficient (Wildman–Crippen LogP) is -0.872. The highest BCUT2D eigenvalue weighted by Crippen LogP contribution is 2.37. The summed E-state index contributed by atoms with van der Waals surface area (Å²) in [5.74, 6) is 0. The monoisotopic (exact) mass is 361 g/mol. The molecule has 12 heteroatoms. The van der Waals surface area contributed by atoms with E-state index in [9.17, 15) is 9.13 Å². The van der Waals surface area contributed by atoms with Crippen molar-refractivity contribution < 1.29 is 33.4 Å². The highest BCUT2D eigenvalue weighted by atomic mass is 31.2. The number of hydrogen-bond acceptors (Lipinski definition) is 6. The first-order valence-corrected chi connectivity index (χ1v) is 10.5. The Balaban J connectivity index is 2.51. The van der Waals surface area contributed by atoms with E-state index in [1.807, 2.05) is 0 Å². The summed E-state index contributed by atoms with van der Waals surface area (Å²) in [6.45, 7) is 3.02. The van der Waals surface area contributed by atoms with Gasteiger partial charge in [0.1, 0.15) is 12.6 Å². The Morgan fingerprint density at radius 2 is 1.59 bits per heavy atom. The molecule has 0 aromatic heterocycles. The fourth-order valence-electron chi connectivity index (χ4n) is 2.04. The van der Waals surface area contributed by atoms with Gasteiger partial charge in [-0.15, -0.1) is 0 Å². The molecule has 0 atom stereocenters. The van der Waals surface area contributed by atoms with Crippen molar-refractivity contribution in [3.8, 4) is 0 Å². The van der Waals surface area contributed by atoms with E-state index < -0.39 is 15.2 Å². The SMILES string of the molecule is COCCCN(CCN(CP(=O)(O)O)N1CC1)CP(=O)(O)O. The van der Waals surface area contributed by atoms with E-state index in [1.165, 1.54) is 0 Å². The van der Waals surface area contributed by atoms with Crippen LogP contribution in [0.2, 0.25) is 0 Å². The van der Waals surface area contributed by atoms with E-state index in [4.69, 9.17) is 24.3 Å². The molecule has 0 saturated carbocycles. The first-order chi connectivity index (χ1) is 10.1. The molecular formula is C10H25N3O7P2. The zero-order chi connectivity index (χ0) is 16.8. The van der Waals surface area contributed by atoms with Crippen LogP contribution in [0.5, 0.6) is 0 Å². The van der Waals surface area contributed by atoms with Gasteiger partial charge in [-0.05, 0) is 6.42 Å². The van der Waals surface area contributed by atoms with Crippen LogP contribution in [-0.2, 0) is 13.9 Å². The van der Waals surface area contributed by atoms with Crippen molar-refractivity contribution in [2.45, 2.75) is 6.42 Å². The van der Waals surface area contributed by atoms with Gasteiger partial charge in [0.25, 0.3) is 0 Å². The summed E-state index contributed by atoms with van der Waals surface area (Å²) in [7, 11) is -6.80. The number of hydrazine groups is 1. The molecule has 0 aromatic carbocycles. The maximum absolute atomic E-state index is 11.2. The van der Waals surface area contributed by atoms with Gasteiger partial charge in [-0.2, -0.15) is 0 Å². The van der Waals surface area contributed by atoms with Gasteiger partial charge in [0, 0.05) is 46.4 Å². The molecule has 1 rings (SSSR count). The Morgan fingerprint density at radius 3 is 2.05 bits per heavy atom. The third-order valence-electron chi connectivity index (χ3n) is 3.05. The van der Waals surface area contributed by atoms with Gasteiger partial charge in [-0.1, -0.05) is 0 Å². The average molecular weight is 361 g/mol. The van der Waals surface area contributed by atoms with Crippen LogP contribution in [0.4, 0.5) is 0 Å². The zero-order valence-corrected chi connectivity index (χ0v) is 14.4. The third-order valence-corrected chi connectivity index (χ3v) is 4.52. The van der Waals surface area contributed by atoms with Crippen LogP contribution in [0, 0.1) is 0 Å². The number of nitrogens with zero attached hydrogens (tertiary/aromatic N) is 3. The molecule has 4 N–H and O–H groups in total. The number of hydrogen-bond donors (Lipinski definition) is 4. The van der Waals surface area contributed by atoms with Gasteiger partial charge in [-0.25, -0.2) is 10.0 Å². The normalized spacial score (nSPS) is 16.7. The van der Waals surface area contributed by atoms with E-state index >= 15 is 0 Å². The van der Waals surface area contributed by atoms with E-state index in [0.29, 0.717) is 32.7 Å². The molecule has 22 heavy (non-hydrogen) atoms. The summed E-state index contributed by atoms with van der Waals surface area (Å²) in [5, 5.41) is 3.34. The summed E-state index contributed by atoms with van der Waals surface area (Å²) in [4.78, 5) is 38.0. The Morgan fingerprint density at radius 1 is 1.00 bits per heavy atom. The second kappa shape index (κ2) is 8.84. The van der Waals surface area contributed by atoms with Gasteiger partial charge in [0.2, 0.25) is 0 Å². The van der Waals surface area contributed by atoms with Crippen molar-refractivity contribution in [1.29, 1.82) is 0 Å². The van der Waals surface area contributed by atoms with Crippen molar-refractivity contribution in [2.75, 3.05) is 59.0 Å². The fourth-order valence-corrected chi connectivity index (χ4v) is 3.59. The van der Waals surface area contributed by atoms with Gasteiger partial charge in [0.15, 0.2) is 0 Å². The minimum atomic E-state index is -4.18. The number of methoxy groups -OCH3 is 1. The Hall–Kier alpha value is 0.140. The smallest absolute Gasteiger partial charge is 0.340 e. The van der Waals surface area contributed by atoms with Crippen LogP contribution in [0.25, 0.3) is 0 Å². The molecule has 1 heterocycles. The van der Waals surface area contributed by atoms with Gasteiger partial charge in [0.05, 0.1) is 0 Å². The van der Waals surface area contributed by atoms with Gasteiger partial charge in [-0.3, -0.25) is 14.0 Å². The lowest BCUT2D eigenvalue weighted by Gasteiger charge is -2.28. The molecule has 0 unspecified atom stereocenters. The van der Waals surface area contributed by atoms with Crippen LogP contribution in [0.15, 0.2) is 0 Å². The zero-order valence-electron chi connectivity index (χ0n) is 12.6. The third kappa shape index (κ3) is 10.0. The van der Waals surface area contributed by atoms with Crippen LogP contribution >= 0.6 is 15.2 Å². The van der Waals surface area contributed by atoms with Crippen LogP contribution in [0.1, 0.15) is 6.42 Å². The first kappa shape index (κ1) is 20.2. The molecule has 1 fully saturated rings. The molecule has 1 saturated heterocycles. The summed E-state index contributed by atoms with van der Waals surface area (Å²) in [6, 6.07) is 0. The van der Waals surface area contributed by atoms with Gasteiger partial charge < -0.3 is 24.3 Å². The number of rotatable bonds is 12. The van der Waals surface area contributed by atoms with E-state index in [0.717, 1.165) is 13.1 Å². The maximum atomic E-state index is 11.2. The summed E-state index contributed by atoms with van der Waals surface area (Å²) < 4.78 is 27.2. The summed E-state index contributed by atoms with van der Waals surface area (Å²) in [6.07, 6.45) is -0.131. The van der Waals surface area contributed by atoms with Crippen molar-refractivity contribution >= 4 is 15.2 Å². The Labute approximate surface area is 129 Å². The Bertz CT molecular complexity index is 423. The molecule has 0 amide bonds. The van der Waals surface area contributed by atoms with Crippen LogP contribution in [-0.4, -0.2) is 93.5 Å². The molecule has 0 radical (unpaired) electrons. The quantitative estimate of drug-likeness (QED) is 0.197. The summed E-state index contributed by atoms with van der Waals surface area (Å²) in [5.41, 5.74) is 0. The second-order valence-electron chi connectivity index (χ2n) is 5.26. The van der Waals surface area contributed by atoms with Crippen molar-refractivity contribution in [2.24, 2.45) is 0 Å². The Kier molecular flexibility index (Phi) is 8.11. The summed E-state index contributed by atoms with van der Waals surface area (Å²) >= 11 is 0. The lowest BCUT2D eigenvalue weighted by molar-refractivity contribution is 0.0860.